The first-order valence-corrected chi connectivity index (χ1v) is 10.6. The van der Waals surface area contributed by atoms with Gasteiger partial charge in [-0.05, 0) is 39.8 Å². The standard InChI is InChI=1S/C21H29BN4O5/c1-19(2)20(3,4)31-22(30-19)21(18(28)25-11-13-29-14-12-25)9-8-17(27)26(15-21)24-16-7-5-6-10-23-16/h5-10H,11-15H2,1-4H3,(H,23,24). The van der Waals surface area contributed by atoms with Crippen LogP contribution in [-0.2, 0) is 23.6 Å². The molecule has 3 aliphatic rings. The van der Waals surface area contributed by atoms with Gasteiger partial charge < -0.3 is 18.9 Å². The SMILES string of the molecule is CC1(C)OB(C2(C(=O)N3CCOCC3)C=CC(=O)N(Nc3ccccn3)C2)OC1(C)C. The predicted octanol–water partition coefficient (Wildman–Crippen LogP) is 1.50. The van der Waals surface area contributed by atoms with Crippen LogP contribution >= 0.6 is 0 Å². The maximum atomic E-state index is 13.9. The van der Waals surface area contributed by atoms with Gasteiger partial charge in [-0.2, -0.15) is 0 Å². The summed E-state index contributed by atoms with van der Waals surface area (Å²) in [5.41, 5.74) is 1.78. The Bertz CT molecular complexity index is 856. The number of aromatic nitrogens is 1. The summed E-state index contributed by atoms with van der Waals surface area (Å²) < 4.78 is 18.1. The number of anilines is 1. The number of rotatable bonds is 4. The third-order valence-corrected chi connectivity index (χ3v) is 6.49. The van der Waals surface area contributed by atoms with E-state index in [1.165, 1.54) is 11.1 Å². The molecular weight excluding hydrogens is 399 g/mol. The molecule has 1 unspecified atom stereocenters. The number of ether oxygens (including phenoxy) is 1. The summed E-state index contributed by atoms with van der Waals surface area (Å²) in [6, 6.07) is 5.37. The first kappa shape index (κ1) is 21.8. The zero-order chi connectivity index (χ0) is 22.3. The van der Waals surface area contributed by atoms with E-state index in [1.807, 2.05) is 33.8 Å². The summed E-state index contributed by atoms with van der Waals surface area (Å²) >= 11 is 0. The van der Waals surface area contributed by atoms with Crippen LogP contribution in [0, 0.1) is 0 Å². The summed E-state index contributed by atoms with van der Waals surface area (Å²) in [4.78, 5) is 32.5. The van der Waals surface area contributed by atoms with Crippen molar-refractivity contribution < 1.29 is 23.6 Å². The molecule has 0 saturated carbocycles. The molecule has 3 aliphatic heterocycles. The van der Waals surface area contributed by atoms with E-state index in [2.05, 4.69) is 10.4 Å². The molecule has 0 aliphatic carbocycles. The Kier molecular flexibility index (Phi) is 5.57. The van der Waals surface area contributed by atoms with Crippen LogP contribution in [0.4, 0.5) is 5.82 Å². The molecule has 0 spiro atoms. The zero-order valence-electron chi connectivity index (χ0n) is 18.5. The Morgan fingerprint density at radius 2 is 1.81 bits per heavy atom. The number of nitrogens with one attached hydrogen (secondary N) is 1. The minimum absolute atomic E-state index is 0.0475. The predicted molar refractivity (Wildman–Crippen MR) is 115 cm³/mol. The molecule has 166 valence electrons. The lowest BCUT2D eigenvalue weighted by Crippen LogP contribution is -2.58. The molecular formula is C21H29BN4O5. The summed E-state index contributed by atoms with van der Waals surface area (Å²) in [6.07, 6.45) is 4.68. The van der Waals surface area contributed by atoms with E-state index >= 15 is 0 Å². The number of hydrazine groups is 1. The first-order valence-electron chi connectivity index (χ1n) is 10.6. The normalized spacial score (nSPS) is 27.5. The van der Waals surface area contributed by atoms with Crippen molar-refractivity contribution in [3.8, 4) is 0 Å². The van der Waals surface area contributed by atoms with Crippen LogP contribution in [-0.4, -0.2) is 77.9 Å². The summed E-state index contributed by atoms with van der Waals surface area (Å²) in [7, 11) is -0.856. The topological polar surface area (TPSA) is 93.2 Å². The lowest BCUT2D eigenvalue weighted by Gasteiger charge is -2.42. The fraction of sp³-hybridized carbons (Fsp3) is 0.571. The van der Waals surface area contributed by atoms with E-state index in [9.17, 15) is 9.59 Å². The summed E-state index contributed by atoms with van der Waals surface area (Å²) in [5.74, 6) is 0.0891. The maximum Gasteiger partial charge on any atom is 0.480 e. The van der Waals surface area contributed by atoms with E-state index in [1.54, 1.807) is 29.3 Å². The minimum Gasteiger partial charge on any atom is -0.402 e. The van der Waals surface area contributed by atoms with Crippen LogP contribution in [0.5, 0.6) is 0 Å². The van der Waals surface area contributed by atoms with Gasteiger partial charge in [-0.1, -0.05) is 12.1 Å². The van der Waals surface area contributed by atoms with E-state index < -0.39 is 23.6 Å². The molecule has 31 heavy (non-hydrogen) atoms. The van der Waals surface area contributed by atoms with Crippen molar-refractivity contribution in [1.29, 1.82) is 0 Å². The molecule has 10 heteroatoms. The van der Waals surface area contributed by atoms with Gasteiger partial charge in [-0.3, -0.25) is 20.0 Å². The van der Waals surface area contributed by atoms with Crippen LogP contribution in [0.15, 0.2) is 36.5 Å². The number of amides is 2. The molecule has 9 nitrogen and oxygen atoms in total. The first-order chi connectivity index (χ1) is 14.6. The average Bonchev–Trinajstić information content (AvgIpc) is 2.98. The lowest BCUT2D eigenvalue weighted by molar-refractivity contribution is -0.140. The zero-order valence-corrected chi connectivity index (χ0v) is 18.5. The second-order valence-corrected chi connectivity index (χ2v) is 9.12. The van der Waals surface area contributed by atoms with Crippen molar-refractivity contribution in [2.75, 3.05) is 38.3 Å². The van der Waals surface area contributed by atoms with E-state index in [4.69, 9.17) is 14.0 Å². The van der Waals surface area contributed by atoms with E-state index in [0.29, 0.717) is 32.1 Å². The van der Waals surface area contributed by atoms with Crippen molar-refractivity contribution in [3.63, 3.8) is 0 Å². The highest BCUT2D eigenvalue weighted by molar-refractivity contribution is 6.57. The molecule has 2 amide bonds. The largest absolute Gasteiger partial charge is 0.480 e. The highest BCUT2D eigenvalue weighted by Gasteiger charge is 2.64. The molecule has 1 aromatic rings. The molecule has 1 atom stereocenters. The van der Waals surface area contributed by atoms with Crippen LogP contribution < -0.4 is 5.43 Å². The molecule has 0 radical (unpaired) electrons. The fourth-order valence-electron chi connectivity index (χ4n) is 3.87. The van der Waals surface area contributed by atoms with Crippen LogP contribution in [0.1, 0.15) is 27.7 Å². The molecule has 1 N–H and O–H groups in total. The fourth-order valence-corrected chi connectivity index (χ4v) is 3.87. The van der Waals surface area contributed by atoms with Gasteiger partial charge in [0.05, 0.1) is 31.0 Å². The number of nitrogens with zero attached hydrogens (tertiary/aromatic N) is 3. The number of carbonyl (C=O) groups is 2. The van der Waals surface area contributed by atoms with Gasteiger partial charge in [0.15, 0.2) is 0 Å². The maximum absolute atomic E-state index is 13.9. The minimum atomic E-state index is -1.21. The Morgan fingerprint density at radius 1 is 1.13 bits per heavy atom. The molecule has 0 bridgehead atoms. The van der Waals surface area contributed by atoms with Gasteiger partial charge in [0.2, 0.25) is 5.91 Å². The van der Waals surface area contributed by atoms with Gasteiger partial charge in [0.25, 0.3) is 5.91 Å². The monoisotopic (exact) mass is 428 g/mol. The number of morpholine rings is 1. The second kappa shape index (κ2) is 7.92. The summed E-state index contributed by atoms with van der Waals surface area (Å²) in [6.45, 7) is 9.75. The third-order valence-electron chi connectivity index (χ3n) is 6.49. The van der Waals surface area contributed by atoms with E-state index in [-0.39, 0.29) is 18.4 Å². The van der Waals surface area contributed by atoms with Crippen LogP contribution in [0.25, 0.3) is 0 Å². The molecule has 4 rings (SSSR count). The van der Waals surface area contributed by atoms with Crippen LogP contribution in [0.3, 0.4) is 0 Å². The van der Waals surface area contributed by atoms with Crippen molar-refractivity contribution in [2.24, 2.45) is 0 Å². The smallest absolute Gasteiger partial charge is 0.402 e. The van der Waals surface area contributed by atoms with Gasteiger partial charge in [0.1, 0.15) is 11.1 Å². The van der Waals surface area contributed by atoms with Crippen molar-refractivity contribution in [3.05, 3.63) is 36.5 Å². The van der Waals surface area contributed by atoms with Gasteiger partial charge in [-0.15, -0.1) is 0 Å². The van der Waals surface area contributed by atoms with Gasteiger partial charge in [0, 0.05) is 25.4 Å². The third kappa shape index (κ3) is 3.95. The van der Waals surface area contributed by atoms with Crippen molar-refractivity contribution >= 4 is 24.8 Å². The van der Waals surface area contributed by atoms with Crippen molar-refractivity contribution in [1.82, 2.24) is 14.9 Å². The van der Waals surface area contributed by atoms with Gasteiger partial charge in [-0.25, -0.2) is 4.98 Å². The highest BCUT2D eigenvalue weighted by atomic mass is 16.7. The number of hydrogen-bond donors (Lipinski definition) is 1. The van der Waals surface area contributed by atoms with Gasteiger partial charge >= 0.3 is 7.12 Å². The molecule has 1 aromatic heterocycles. The average molecular weight is 428 g/mol. The Labute approximate surface area is 182 Å². The molecule has 0 aromatic carbocycles. The Hall–Kier alpha value is -2.43. The molecule has 2 fully saturated rings. The van der Waals surface area contributed by atoms with E-state index in [0.717, 1.165) is 0 Å². The summed E-state index contributed by atoms with van der Waals surface area (Å²) in [5, 5.41) is 0.184. The molecule has 4 heterocycles. The number of hydrogen-bond acceptors (Lipinski definition) is 7. The van der Waals surface area contributed by atoms with Crippen molar-refractivity contribution in [2.45, 2.75) is 44.2 Å². The number of carbonyl (C=O) groups excluding carboxylic acids is 2. The lowest BCUT2D eigenvalue weighted by atomic mass is 9.55. The highest BCUT2D eigenvalue weighted by Crippen LogP contribution is 2.48. The molecule has 2 saturated heterocycles. The quantitative estimate of drug-likeness (QED) is 0.727. The Morgan fingerprint density at radius 3 is 2.42 bits per heavy atom. The van der Waals surface area contributed by atoms with Crippen LogP contribution in [0.2, 0.25) is 5.31 Å². The second-order valence-electron chi connectivity index (χ2n) is 9.12. The Balaban J connectivity index is 1.69. The number of pyridine rings is 1.